The molecule has 6 nitrogen and oxygen atoms in total. The second-order valence-electron chi connectivity index (χ2n) is 4.08. The van der Waals surface area contributed by atoms with Crippen molar-refractivity contribution in [2.24, 2.45) is 0 Å². The van der Waals surface area contributed by atoms with Gasteiger partial charge in [-0.15, -0.1) is 0 Å². The number of amides is 2. The van der Waals surface area contributed by atoms with E-state index in [2.05, 4.69) is 10.3 Å². The molecular formula is C11H14N4O2. The van der Waals surface area contributed by atoms with E-state index in [9.17, 15) is 9.59 Å². The topological polar surface area (TPSA) is 88.3 Å². The molecule has 1 aliphatic heterocycles. The summed E-state index contributed by atoms with van der Waals surface area (Å²) >= 11 is 0. The van der Waals surface area contributed by atoms with Crippen LogP contribution >= 0.6 is 0 Å². The summed E-state index contributed by atoms with van der Waals surface area (Å²) in [4.78, 5) is 28.4. The number of imide groups is 1. The third-order valence-electron chi connectivity index (χ3n) is 2.77. The molecule has 2 amide bonds. The molecule has 1 aliphatic rings. The Morgan fingerprint density at radius 2 is 2.35 bits per heavy atom. The number of anilines is 1. The van der Waals surface area contributed by atoms with Gasteiger partial charge in [-0.3, -0.25) is 19.8 Å². The summed E-state index contributed by atoms with van der Waals surface area (Å²) < 4.78 is 0. The number of rotatable bonds is 2. The van der Waals surface area contributed by atoms with Crippen LogP contribution in [0.3, 0.4) is 0 Å². The lowest BCUT2D eigenvalue weighted by atomic mass is 10.1. The number of nitrogens with one attached hydrogen (secondary N) is 1. The van der Waals surface area contributed by atoms with Gasteiger partial charge in [0.05, 0.1) is 12.6 Å². The Morgan fingerprint density at radius 1 is 1.59 bits per heavy atom. The van der Waals surface area contributed by atoms with Crippen LogP contribution in [0.25, 0.3) is 0 Å². The third kappa shape index (κ3) is 2.59. The van der Waals surface area contributed by atoms with E-state index >= 15 is 0 Å². The molecule has 0 radical (unpaired) electrons. The number of hydrogen-bond donors (Lipinski definition) is 2. The highest BCUT2D eigenvalue weighted by Gasteiger charge is 2.29. The molecule has 6 heteroatoms. The van der Waals surface area contributed by atoms with Crippen molar-refractivity contribution >= 4 is 17.6 Å². The predicted octanol–water partition coefficient (Wildman–Crippen LogP) is -0.489. The van der Waals surface area contributed by atoms with Gasteiger partial charge in [0.1, 0.15) is 5.82 Å². The highest BCUT2D eigenvalue weighted by Crippen LogP contribution is 2.12. The van der Waals surface area contributed by atoms with Crippen LogP contribution in [0.5, 0.6) is 0 Å². The highest BCUT2D eigenvalue weighted by atomic mass is 16.2. The number of carbonyl (C=O) groups is 2. The van der Waals surface area contributed by atoms with Crippen molar-refractivity contribution in [3.63, 3.8) is 0 Å². The minimum absolute atomic E-state index is 0.217. The first-order chi connectivity index (χ1) is 8.06. The van der Waals surface area contributed by atoms with Crippen molar-refractivity contribution in [1.82, 2.24) is 15.2 Å². The van der Waals surface area contributed by atoms with Crippen molar-refractivity contribution in [3.05, 3.63) is 23.9 Å². The van der Waals surface area contributed by atoms with Crippen molar-refractivity contribution in [1.29, 1.82) is 0 Å². The molecule has 3 N–H and O–H groups in total. The summed E-state index contributed by atoms with van der Waals surface area (Å²) in [7, 11) is 0. The highest BCUT2D eigenvalue weighted by molar-refractivity contribution is 6.00. The van der Waals surface area contributed by atoms with Crippen LogP contribution in [0.2, 0.25) is 0 Å². The number of hydrogen-bond acceptors (Lipinski definition) is 5. The van der Waals surface area contributed by atoms with Crippen molar-refractivity contribution in [2.75, 3.05) is 12.3 Å². The number of carbonyl (C=O) groups excluding carboxylic acids is 2. The van der Waals surface area contributed by atoms with Gasteiger partial charge in [0.25, 0.3) is 0 Å². The third-order valence-corrected chi connectivity index (χ3v) is 2.77. The van der Waals surface area contributed by atoms with Crippen LogP contribution in [0.4, 0.5) is 5.82 Å². The lowest BCUT2D eigenvalue weighted by Crippen LogP contribution is -2.56. The summed E-state index contributed by atoms with van der Waals surface area (Å²) in [6, 6.07) is 3.24. The summed E-state index contributed by atoms with van der Waals surface area (Å²) in [6.45, 7) is 2.49. The Balaban J connectivity index is 2.12. The summed E-state index contributed by atoms with van der Waals surface area (Å²) in [5.74, 6) is -0.0960. The van der Waals surface area contributed by atoms with Gasteiger partial charge >= 0.3 is 0 Å². The Labute approximate surface area is 98.8 Å². The largest absolute Gasteiger partial charge is 0.384 e. The second-order valence-corrected chi connectivity index (χ2v) is 4.08. The quantitative estimate of drug-likeness (QED) is 0.674. The Bertz CT molecular complexity index is 461. The van der Waals surface area contributed by atoms with Gasteiger partial charge in [-0.2, -0.15) is 0 Å². The molecule has 90 valence electrons. The molecule has 0 aliphatic carbocycles. The Kier molecular flexibility index (Phi) is 3.06. The zero-order valence-corrected chi connectivity index (χ0v) is 9.51. The molecule has 0 saturated carbocycles. The van der Waals surface area contributed by atoms with Crippen LogP contribution in [0.15, 0.2) is 18.3 Å². The van der Waals surface area contributed by atoms with Crippen LogP contribution in [0.1, 0.15) is 12.5 Å². The number of pyridine rings is 1. The van der Waals surface area contributed by atoms with Gasteiger partial charge in [-0.25, -0.2) is 4.98 Å². The smallest absolute Gasteiger partial charge is 0.243 e. The van der Waals surface area contributed by atoms with E-state index in [4.69, 9.17) is 5.73 Å². The fourth-order valence-corrected chi connectivity index (χ4v) is 1.79. The van der Waals surface area contributed by atoms with Gasteiger partial charge in [-0.1, -0.05) is 0 Å². The Hall–Kier alpha value is -1.95. The van der Waals surface area contributed by atoms with E-state index in [0.717, 1.165) is 5.56 Å². The number of aromatic nitrogens is 1. The van der Waals surface area contributed by atoms with E-state index in [1.165, 1.54) is 0 Å². The molecular weight excluding hydrogens is 220 g/mol. The Morgan fingerprint density at radius 3 is 3.06 bits per heavy atom. The standard InChI is InChI=1S/C11H14N4O2/c1-7-11(17)14-10(16)6-15(7)5-8-2-3-13-9(12)4-8/h2-4,7H,5-6H2,1H3,(H2,12,13)(H,14,16,17). The summed E-state index contributed by atoms with van der Waals surface area (Å²) in [6.07, 6.45) is 1.61. The fraction of sp³-hybridized carbons (Fsp3) is 0.364. The molecule has 1 aromatic rings. The number of piperazine rings is 1. The molecule has 1 unspecified atom stereocenters. The monoisotopic (exact) mass is 234 g/mol. The lowest BCUT2D eigenvalue weighted by molar-refractivity contribution is -0.139. The average molecular weight is 234 g/mol. The fourth-order valence-electron chi connectivity index (χ4n) is 1.79. The molecule has 0 bridgehead atoms. The first kappa shape index (κ1) is 11.5. The minimum Gasteiger partial charge on any atom is -0.384 e. The molecule has 1 aromatic heterocycles. The molecule has 1 fully saturated rings. The SMILES string of the molecule is CC1C(=O)NC(=O)CN1Cc1ccnc(N)c1. The van der Waals surface area contributed by atoms with Crippen LogP contribution < -0.4 is 11.1 Å². The first-order valence-corrected chi connectivity index (χ1v) is 5.34. The van der Waals surface area contributed by atoms with Crippen LogP contribution in [-0.4, -0.2) is 34.3 Å². The van der Waals surface area contributed by atoms with Crippen molar-refractivity contribution in [2.45, 2.75) is 19.5 Å². The van der Waals surface area contributed by atoms with Crippen LogP contribution in [-0.2, 0) is 16.1 Å². The van der Waals surface area contributed by atoms with E-state index < -0.39 is 0 Å². The number of nitrogen functional groups attached to an aromatic ring is 1. The van der Waals surface area contributed by atoms with E-state index in [1.54, 1.807) is 24.1 Å². The molecule has 0 spiro atoms. The van der Waals surface area contributed by atoms with Gasteiger partial charge in [0.2, 0.25) is 11.8 Å². The van der Waals surface area contributed by atoms with E-state index in [0.29, 0.717) is 12.4 Å². The maximum absolute atomic E-state index is 11.5. The number of nitrogens with zero attached hydrogens (tertiary/aromatic N) is 2. The molecule has 17 heavy (non-hydrogen) atoms. The predicted molar refractivity (Wildman–Crippen MR) is 61.7 cm³/mol. The second kappa shape index (κ2) is 4.50. The molecule has 2 heterocycles. The van der Waals surface area contributed by atoms with E-state index in [1.807, 2.05) is 6.07 Å². The maximum Gasteiger partial charge on any atom is 0.243 e. The summed E-state index contributed by atoms with van der Waals surface area (Å²) in [5, 5.41) is 2.30. The van der Waals surface area contributed by atoms with Crippen LogP contribution in [0, 0.1) is 0 Å². The van der Waals surface area contributed by atoms with Gasteiger partial charge in [0.15, 0.2) is 0 Å². The maximum atomic E-state index is 11.5. The molecule has 1 saturated heterocycles. The average Bonchev–Trinajstić information content (AvgIpc) is 2.25. The first-order valence-electron chi connectivity index (χ1n) is 5.34. The van der Waals surface area contributed by atoms with Crippen molar-refractivity contribution < 1.29 is 9.59 Å². The zero-order chi connectivity index (χ0) is 12.4. The molecule has 0 aromatic carbocycles. The molecule has 2 rings (SSSR count). The van der Waals surface area contributed by atoms with Gasteiger partial charge in [-0.05, 0) is 24.6 Å². The van der Waals surface area contributed by atoms with Gasteiger partial charge < -0.3 is 5.73 Å². The minimum atomic E-state index is -0.318. The molecule has 1 atom stereocenters. The zero-order valence-electron chi connectivity index (χ0n) is 9.51. The van der Waals surface area contributed by atoms with Gasteiger partial charge in [0, 0.05) is 12.7 Å². The number of nitrogens with two attached hydrogens (primary N) is 1. The van der Waals surface area contributed by atoms with Crippen molar-refractivity contribution in [3.8, 4) is 0 Å². The van der Waals surface area contributed by atoms with E-state index in [-0.39, 0.29) is 24.4 Å². The lowest BCUT2D eigenvalue weighted by Gasteiger charge is -2.31. The normalized spacial score (nSPS) is 21.4. The summed E-state index contributed by atoms with van der Waals surface area (Å²) in [5.41, 5.74) is 6.51.